The Morgan fingerprint density at radius 2 is 2.10 bits per heavy atom. The molecule has 1 aliphatic heterocycles. The molecule has 1 unspecified atom stereocenters. The fraction of sp³-hybridized carbons (Fsp3) is 0.364. The molecule has 0 bridgehead atoms. The molecule has 0 aromatic carbocycles. The Morgan fingerprint density at radius 1 is 1.45 bits per heavy atom. The molecule has 1 amide bonds. The molecule has 1 atom stereocenters. The first-order valence-electron chi connectivity index (χ1n) is 5.44. The van der Waals surface area contributed by atoms with E-state index in [1.807, 2.05) is 0 Å². The van der Waals surface area contributed by atoms with E-state index in [4.69, 9.17) is 4.42 Å². The summed E-state index contributed by atoms with van der Waals surface area (Å²) in [6, 6.07) is 1.19. The molecule has 20 heavy (non-hydrogen) atoms. The number of aliphatic hydroxyl groups is 1. The monoisotopic (exact) mass is 294 g/mol. The summed E-state index contributed by atoms with van der Waals surface area (Å²) in [6.45, 7) is 1.40. The molecule has 2 rings (SSSR count). The summed E-state index contributed by atoms with van der Waals surface area (Å²) in [7, 11) is 0. The van der Waals surface area contributed by atoms with Gasteiger partial charge in [0.2, 0.25) is 5.72 Å². The van der Waals surface area contributed by atoms with Crippen LogP contribution in [0.15, 0.2) is 28.5 Å². The van der Waals surface area contributed by atoms with E-state index in [0.29, 0.717) is 0 Å². The molecule has 5 nitrogen and oxygen atoms in total. The number of aryl methyl sites for hydroxylation is 1. The molecule has 0 fully saturated rings. The number of halogens is 4. The predicted octanol–water partition coefficient (Wildman–Crippen LogP) is 1.65. The summed E-state index contributed by atoms with van der Waals surface area (Å²) < 4.78 is 55.8. The number of alkyl halides is 4. The van der Waals surface area contributed by atoms with Crippen molar-refractivity contribution in [3.05, 3.63) is 35.4 Å². The van der Waals surface area contributed by atoms with Gasteiger partial charge in [-0.2, -0.15) is 0 Å². The SMILES string of the molecule is Cc1occc1C(=O)N1NC(C(F)F)=CC1(O)C(F)F. The minimum atomic E-state index is -3.47. The summed E-state index contributed by atoms with van der Waals surface area (Å²) in [6.07, 6.45) is -5.23. The van der Waals surface area contributed by atoms with E-state index in [1.165, 1.54) is 13.0 Å². The summed E-state index contributed by atoms with van der Waals surface area (Å²) >= 11 is 0. The zero-order valence-electron chi connectivity index (χ0n) is 10.1. The zero-order valence-corrected chi connectivity index (χ0v) is 10.1. The van der Waals surface area contributed by atoms with Gasteiger partial charge in [0, 0.05) is 6.08 Å². The highest BCUT2D eigenvalue weighted by Gasteiger charge is 2.51. The van der Waals surface area contributed by atoms with Crippen molar-refractivity contribution in [3.63, 3.8) is 0 Å². The van der Waals surface area contributed by atoms with E-state index >= 15 is 0 Å². The van der Waals surface area contributed by atoms with Gasteiger partial charge in [-0.3, -0.25) is 10.2 Å². The lowest BCUT2D eigenvalue weighted by Crippen LogP contribution is -2.56. The van der Waals surface area contributed by atoms with Crippen molar-refractivity contribution in [2.24, 2.45) is 0 Å². The Morgan fingerprint density at radius 3 is 2.55 bits per heavy atom. The number of furan rings is 1. The van der Waals surface area contributed by atoms with Gasteiger partial charge in [-0.1, -0.05) is 0 Å². The lowest BCUT2D eigenvalue weighted by molar-refractivity contribution is -0.146. The summed E-state index contributed by atoms with van der Waals surface area (Å²) in [4.78, 5) is 12.0. The molecule has 0 saturated heterocycles. The standard InChI is InChI=1S/C11H10F4N2O3/c1-5-6(2-3-20-5)9(18)17-11(19,10(14)15)4-7(16-17)8(12)13/h2-4,8,10,16,19H,1H3. The van der Waals surface area contributed by atoms with Crippen LogP contribution in [0.3, 0.4) is 0 Å². The van der Waals surface area contributed by atoms with Crippen molar-refractivity contribution >= 4 is 5.91 Å². The minimum absolute atomic E-state index is 0.0665. The van der Waals surface area contributed by atoms with Crippen LogP contribution in [-0.2, 0) is 0 Å². The number of amides is 1. The number of carbonyl (C=O) groups excluding carboxylic acids is 1. The van der Waals surface area contributed by atoms with Gasteiger partial charge < -0.3 is 9.52 Å². The van der Waals surface area contributed by atoms with E-state index < -0.39 is 30.2 Å². The molecule has 2 heterocycles. The second-order valence-corrected chi connectivity index (χ2v) is 4.13. The maximum Gasteiger partial charge on any atom is 0.291 e. The van der Waals surface area contributed by atoms with Gasteiger partial charge in [0.05, 0.1) is 17.5 Å². The second-order valence-electron chi connectivity index (χ2n) is 4.13. The number of carbonyl (C=O) groups is 1. The molecule has 0 radical (unpaired) electrons. The normalized spacial score (nSPS) is 22.4. The number of hydrogen-bond acceptors (Lipinski definition) is 4. The Balaban J connectivity index is 2.37. The Bertz CT molecular complexity index is 558. The molecule has 1 aromatic heterocycles. The average Bonchev–Trinajstić information content (AvgIpc) is 2.93. The number of nitrogens with zero attached hydrogens (tertiary/aromatic N) is 1. The highest BCUT2D eigenvalue weighted by Crippen LogP contribution is 2.31. The number of nitrogens with one attached hydrogen (secondary N) is 1. The third kappa shape index (κ3) is 2.13. The topological polar surface area (TPSA) is 65.7 Å². The van der Waals surface area contributed by atoms with Crippen LogP contribution in [-0.4, -0.2) is 34.6 Å². The first-order valence-corrected chi connectivity index (χ1v) is 5.44. The van der Waals surface area contributed by atoms with Crippen LogP contribution in [0.5, 0.6) is 0 Å². The van der Waals surface area contributed by atoms with Crippen molar-refractivity contribution < 1.29 is 31.9 Å². The number of hydrazine groups is 1. The Kier molecular flexibility index (Phi) is 3.46. The summed E-state index contributed by atoms with van der Waals surface area (Å²) in [5, 5.41) is 9.83. The third-order valence-corrected chi connectivity index (χ3v) is 2.82. The molecule has 1 aromatic rings. The fourth-order valence-corrected chi connectivity index (χ4v) is 1.76. The number of hydrogen-bond donors (Lipinski definition) is 2. The van der Waals surface area contributed by atoms with E-state index in [-0.39, 0.29) is 22.4 Å². The number of rotatable bonds is 3. The molecule has 1 aliphatic rings. The molecular formula is C11H10F4N2O3. The molecule has 2 N–H and O–H groups in total. The quantitative estimate of drug-likeness (QED) is 0.832. The zero-order chi connectivity index (χ0) is 15.1. The van der Waals surface area contributed by atoms with Crippen LogP contribution in [0.4, 0.5) is 17.6 Å². The van der Waals surface area contributed by atoms with Crippen LogP contribution in [0.2, 0.25) is 0 Å². The largest absolute Gasteiger partial charge is 0.469 e. The highest BCUT2D eigenvalue weighted by atomic mass is 19.3. The van der Waals surface area contributed by atoms with Crippen molar-refractivity contribution in [1.82, 2.24) is 10.4 Å². The fourth-order valence-electron chi connectivity index (χ4n) is 1.76. The van der Waals surface area contributed by atoms with Crippen LogP contribution >= 0.6 is 0 Å². The van der Waals surface area contributed by atoms with Crippen LogP contribution < -0.4 is 5.43 Å². The van der Waals surface area contributed by atoms with Gasteiger partial charge in [0.1, 0.15) is 5.76 Å². The molecule has 0 spiro atoms. The number of allylic oxidation sites excluding steroid dienone is 1. The van der Waals surface area contributed by atoms with Crippen LogP contribution in [0.25, 0.3) is 0 Å². The van der Waals surface area contributed by atoms with Crippen LogP contribution in [0, 0.1) is 6.92 Å². The second kappa shape index (κ2) is 4.82. The Hall–Kier alpha value is -2.03. The first-order chi connectivity index (χ1) is 9.27. The van der Waals surface area contributed by atoms with E-state index in [0.717, 1.165) is 6.26 Å². The molecule has 0 aliphatic carbocycles. The van der Waals surface area contributed by atoms with E-state index in [2.05, 4.69) is 0 Å². The van der Waals surface area contributed by atoms with Gasteiger partial charge in [0.15, 0.2) is 0 Å². The summed E-state index contributed by atoms with van der Waals surface area (Å²) in [5.74, 6) is -0.995. The van der Waals surface area contributed by atoms with Crippen LogP contribution in [0.1, 0.15) is 16.1 Å². The van der Waals surface area contributed by atoms with Crippen molar-refractivity contribution in [3.8, 4) is 0 Å². The molecule has 9 heteroatoms. The minimum Gasteiger partial charge on any atom is -0.469 e. The maximum atomic E-state index is 12.9. The highest BCUT2D eigenvalue weighted by molar-refractivity contribution is 5.95. The van der Waals surface area contributed by atoms with E-state index in [1.54, 1.807) is 5.43 Å². The third-order valence-electron chi connectivity index (χ3n) is 2.82. The Labute approximate surface area is 110 Å². The molecule has 110 valence electrons. The van der Waals surface area contributed by atoms with Gasteiger partial charge in [-0.15, -0.1) is 0 Å². The average molecular weight is 294 g/mol. The van der Waals surface area contributed by atoms with Gasteiger partial charge in [-0.25, -0.2) is 22.6 Å². The lowest BCUT2D eigenvalue weighted by Gasteiger charge is -2.31. The van der Waals surface area contributed by atoms with Crippen molar-refractivity contribution in [1.29, 1.82) is 0 Å². The lowest BCUT2D eigenvalue weighted by atomic mass is 10.1. The smallest absolute Gasteiger partial charge is 0.291 e. The van der Waals surface area contributed by atoms with Gasteiger partial charge in [0.25, 0.3) is 18.8 Å². The predicted molar refractivity (Wildman–Crippen MR) is 57.8 cm³/mol. The van der Waals surface area contributed by atoms with Crippen molar-refractivity contribution in [2.75, 3.05) is 0 Å². The first kappa shape index (κ1) is 14.4. The van der Waals surface area contributed by atoms with Crippen molar-refractivity contribution in [2.45, 2.75) is 25.5 Å². The van der Waals surface area contributed by atoms with E-state index in [9.17, 15) is 27.5 Å². The van der Waals surface area contributed by atoms with Gasteiger partial charge in [-0.05, 0) is 13.0 Å². The maximum absolute atomic E-state index is 12.9. The molecular weight excluding hydrogens is 284 g/mol. The molecule has 0 saturated carbocycles. The summed E-state index contributed by atoms with van der Waals surface area (Å²) in [5.41, 5.74) is -2.44. The van der Waals surface area contributed by atoms with Gasteiger partial charge >= 0.3 is 0 Å².